The minimum absolute atomic E-state index is 0.132. The maximum Gasteiger partial charge on any atom is 0.228 e. The molecule has 0 N–H and O–H groups in total. The molecular weight excluding hydrogens is 216 g/mol. The molecule has 2 aliphatic rings. The van der Waals surface area contributed by atoms with Crippen molar-refractivity contribution in [3.05, 3.63) is 0 Å². The first-order chi connectivity index (χ1) is 8.31. The van der Waals surface area contributed by atoms with Crippen LogP contribution in [0.2, 0.25) is 0 Å². The van der Waals surface area contributed by atoms with Gasteiger partial charge in [-0.2, -0.15) is 0 Å². The lowest BCUT2D eigenvalue weighted by Gasteiger charge is -2.23. The molecule has 17 heavy (non-hydrogen) atoms. The Morgan fingerprint density at radius 3 is 2.88 bits per heavy atom. The molecule has 0 spiro atoms. The van der Waals surface area contributed by atoms with Gasteiger partial charge < -0.3 is 14.5 Å². The summed E-state index contributed by atoms with van der Waals surface area (Å²) in [5.41, 5.74) is 0. The van der Waals surface area contributed by atoms with Crippen LogP contribution in [0.4, 0.5) is 0 Å². The van der Waals surface area contributed by atoms with Crippen LogP contribution in [0, 0.1) is 5.92 Å². The minimum Gasteiger partial charge on any atom is -0.381 e. The van der Waals surface area contributed by atoms with E-state index in [0.717, 1.165) is 52.2 Å². The largest absolute Gasteiger partial charge is 0.381 e. The van der Waals surface area contributed by atoms with E-state index in [1.54, 1.807) is 0 Å². The first kappa shape index (κ1) is 12.8. The monoisotopic (exact) mass is 240 g/mol. The normalized spacial score (nSPS) is 27.1. The topological polar surface area (TPSA) is 32.8 Å². The molecule has 1 amide bonds. The molecule has 2 fully saturated rings. The van der Waals surface area contributed by atoms with Gasteiger partial charge in [-0.05, 0) is 32.4 Å². The van der Waals surface area contributed by atoms with E-state index in [2.05, 4.69) is 16.7 Å². The van der Waals surface area contributed by atoms with Gasteiger partial charge in [0.25, 0.3) is 0 Å². The zero-order valence-electron chi connectivity index (χ0n) is 10.9. The predicted octanol–water partition coefficient (Wildman–Crippen LogP) is 0.967. The van der Waals surface area contributed by atoms with Gasteiger partial charge in [0.1, 0.15) is 0 Å². The van der Waals surface area contributed by atoms with Gasteiger partial charge in [0.05, 0.1) is 12.5 Å². The molecule has 2 aliphatic heterocycles. The zero-order valence-corrected chi connectivity index (χ0v) is 10.9. The summed E-state index contributed by atoms with van der Waals surface area (Å²) in [5.74, 6) is 0.452. The van der Waals surface area contributed by atoms with Crippen LogP contribution >= 0.6 is 0 Å². The molecule has 0 aromatic heterocycles. The summed E-state index contributed by atoms with van der Waals surface area (Å²) in [6.07, 6.45) is 3.22. The molecule has 1 unspecified atom stereocenters. The van der Waals surface area contributed by atoms with Crippen LogP contribution in [0.5, 0.6) is 0 Å². The minimum atomic E-state index is 0.132. The highest BCUT2D eigenvalue weighted by Crippen LogP contribution is 2.16. The van der Waals surface area contributed by atoms with Crippen molar-refractivity contribution in [3.63, 3.8) is 0 Å². The first-order valence-corrected chi connectivity index (χ1v) is 6.90. The Kier molecular flexibility index (Phi) is 4.80. The molecule has 4 heteroatoms. The second-order valence-electron chi connectivity index (χ2n) is 5.08. The molecule has 1 atom stereocenters. The number of hydrogen-bond donors (Lipinski definition) is 0. The van der Waals surface area contributed by atoms with Gasteiger partial charge in [0.15, 0.2) is 0 Å². The number of nitrogens with zero attached hydrogens (tertiary/aromatic N) is 2. The average molecular weight is 240 g/mol. The van der Waals surface area contributed by atoms with E-state index in [0.29, 0.717) is 12.5 Å². The second-order valence-corrected chi connectivity index (χ2v) is 5.08. The van der Waals surface area contributed by atoms with Crippen LogP contribution in [-0.4, -0.2) is 61.6 Å². The number of carbonyl (C=O) groups excluding carboxylic acids is 1. The molecule has 0 radical (unpaired) electrons. The van der Waals surface area contributed by atoms with Crippen molar-refractivity contribution in [2.24, 2.45) is 5.92 Å². The van der Waals surface area contributed by atoms with Crippen molar-refractivity contribution >= 4 is 5.91 Å². The number of ether oxygens (including phenoxy) is 1. The fourth-order valence-corrected chi connectivity index (χ4v) is 2.72. The van der Waals surface area contributed by atoms with E-state index in [-0.39, 0.29) is 5.92 Å². The van der Waals surface area contributed by atoms with Crippen molar-refractivity contribution in [2.45, 2.75) is 26.2 Å². The van der Waals surface area contributed by atoms with Gasteiger partial charge in [0.2, 0.25) is 5.91 Å². The van der Waals surface area contributed by atoms with Gasteiger partial charge in [-0.15, -0.1) is 0 Å². The van der Waals surface area contributed by atoms with Crippen LogP contribution in [0.3, 0.4) is 0 Å². The highest BCUT2D eigenvalue weighted by Gasteiger charge is 2.28. The quantitative estimate of drug-likeness (QED) is 0.737. The molecule has 2 rings (SSSR count). The van der Waals surface area contributed by atoms with Crippen molar-refractivity contribution in [3.8, 4) is 0 Å². The highest BCUT2D eigenvalue weighted by atomic mass is 16.5. The summed E-state index contributed by atoms with van der Waals surface area (Å²) in [6, 6.07) is 0. The van der Waals surface area contributed by atoms with Crippen LogP contribution in [0.1, 0.15) is 26.2 Å². The standard InChI is InChI=1S/C13H24N2O2/c1-2-5-14-6-3-7-15(9-8-14)13(16)12-4-10-17-11-12/h12H,2-11H2,1H3. The van der Waals surface area contributed by atoms with E-state index in [1.165, 1.54) is 6.42 Å². The molecule has 2 saturated heterocycles. The van der Waals surface area contributed by atoms with Gasteiger partial charge in [-0.25, -0.2) is 0 Å². The van der Waals surface area contributed by atoms with E-state index >= 15 is 0 Å². The fraction of sp³-hybridized carbons (Fsp3) is 0.923. The van der Waals surface area contributed by atoms with Crippen LogP contribution in [0.15, 0.2) is 0 Å². The van der Waals surface area contributed by atoms with E-state index in [9.17, 15) is 4.79 Å². The number of amides is 1. The zero-order chi connectivity index (χ0) is 12.1. The van der Waals surface area contributed by atoms with Crippen molar-refractivity contribution < 1.29 is 9.53 Å². The predicted molar refractivity (Wildman–Crippen MR) is 66.9 cm³/mol. The third-order valence-electron chi connectivity index (χ3n) is 3.72. The van der Waals surface area contributed by atoms with Crippen LogP contribution in [0.25, 0.3) is 0 Å². The maximum absolute atomic E-state index is 12.2. The third-order valence-corrected chi connectivity index (χ3v) is 3.72. The molecule has 2 heterocycles. The van der Waals surface area contributed by atoms with E-state index in [4.69, 9.17) is 4.74 Å². The third kappa shape index (κ3) is 3.42. The summed E-state index contributed by atoms with van der Waals surface area (Å²) in [7, 11) is 0. The summed E-state index contributed by atoms with van der Waals surface area (Å²) in [5, 5.41) is 0. The van der Waals surface area contributed by atoms with Gasteiger partial charge in [0, 0.05) is 26.2 Å². The summed E-state index contributed by atoms with van der Waals surface area (Å²) in [4.78, 5) is 16.8. The molecule has 0 saturated carbocycles. The number of hydrogen-bond acceptors (Lipinski definition) is 3. The van der Waals surface area contributed by atoms with Gasteiger partial charge in [-0.1, -0.05) is 6.92 Å². The molecule has 0 bridgehead atoms. The average Bonchev–Trinajstić information content (AvgIpc) is 2.76. The molecule has 0 aromatic rings. The number of rotatable bonds is 3. The maximum atomic E-state index is 12.2. The Bertz CT molecular complexity index is 252. The Morgan fingerprint density at radius 1 is 1.29 bits per heavy atom. The molecule has 4 nitrogen and oxygen atoms in total. The second kappa shape index (κ2) is 6.36. The lowest BCUT2D eigenvalue weighted by molar-refractivity contribution is -0.135. The smallest absolute Gasteiger partial charge is 0.228 e. The van der Waals surface area contributed by atoms with Gasteiger partial charge in [-0.3, -0.25) is 4.79 Å². The summed E-state index contributed by atoms with van der Waals surface area (Å²) in [6.45, 7) is 8.76. The summed E-state index contributed by atoms with van der Waals surface area (Å²) < 4.78 is 5.30. The Hall–Kier alpha value is -0.610. The van der Waals surface area contributed by atoms with Crippen molar-refractivity contribution in [1.29, 1.82) is 0 Å². The van der Waals surface area contributed by atoms with Crippen LogP contribution in [-0.2, 0) is 9.53 Å². The molecule has 0 aliphatic carbocycles. The molecule has 0 aromatic carbocycles. The Morgan fingerprint density at radius 2 is 2.18 bits per heavy atom. The first-order valence-electron chi connectivity index (χ1n) is 6.90. The molecular formula is C13H24N2O2. The van der Waals surface area contributed by atoms with Crippen molar-refractivity contribution in [2.75, 3.05) is 45.9 Å². The SMILES string of the molecule is CCCN1CCCN(C(=O)C2CCOC2)CC1. The lowest BCUT2D eigenvalue weighted by Crippen LogP contribution is -2.39. The Balaban J connectivity index is 1.83. The lowest BCUT2D eigenvalue weighted by atomic mass is 10.1. The number of carbonyl (C=O) groups is 1. The van der Waals surface area contributed by atoms with Gasteiger partial charge >= 0.3 is 0 Å². The highest BCUT2D eigenvalue weighted by molar-refractivity contribution is 5.79. The van der Waals surface area contributed by atoms with E-state index < -0.39 is 0 Å². The fourth-order valence-electron chi connectivity index (χ4n) is 2.72. The summed E-state index contributed by atoms with van der Waals surface area (Å²) >= 11 is 0. The van der Waals surface area contributed by atoms with E-state index in [1.807, 2.05) is 0 Å². The van der Waals surface area contributed by atoms with Crippen molar-refractivity contribution in [1.82, 2.24) is 9.80 Å². The molecule has 98 valence electrons. The Labute approximate surface area is 104 Å². The van der Waals surface area contributed by atoms with Crippen LogP contribution < -0.4 is 0 Å².